The first-order chi connectivity index (χ1) is 22.3. The number of furan rings is 1. The first-order valence-electron chi connectivity index (χ1n) is 15.0. The van der Waals surface area contributed by atoms with Gasteiger partial charge in [0.25, 0.3) is 0 Å². The summed E-state index contributed by atoms with van der Waals surface area (Å²) in [6.45, 7) is 0. The van der Waals surface area contributed by atoms with Gasteiger partial charge in [-0.2, -0.15) is 0 Å². The molecule has 0 bridgehead atoms. The molecule has 9 rings (SSSR count). The molecule has 0 fully saturated rings. The van der Waals surface area contributed by atoms with Crippen molar-refractivity contribution in [2.75, 3.05) is 4.90 Å². The molecule has 212 valence electrons. The van der Waals surface area contributed by atoms with Gasteiger partial charge in [0.1, 0.15) is 16.7 Å². The Labute approximate surface area is 259 Å². The minimum absolute atomic E-state index is 0.586. The molecular formula is C41H26N2O2. The number of anilines is 3. The second-order valence-corrected chi connectivity index (χ2v) is 11.2. The number of benzene rings is 7. The van der Waals surface area contributed by atoms with Crippen LogP contribution in [0.15, 0.2) is 167 Å². The summed E-state index contributed by atoms with van der Waals surface area (Å²) in [4.78, 5) is 7.24. The molecule has 0 aliphatic rings. The van der Waals surface area contributed by atoms with Crippen LogP contribution in [0, 0.1) is 0 Å². The van der Waals surface area contributed by atoms with Gasteiger partial charge in [0.15, 0.2) is 5.58 Å². The Morgan fingerprint density at radius 3 is 2.00 bits per heavy atom. The van der Waals surface area contributed by atoms with Crippen LogP contribution in [-0.4, -0.2) is 4.98 Å². The molecule has 0 amide bonds. The summed E-state index contributed by atoms with van der Waals surface area (Å²) in [6, 6.07) is 54.4. The molecule has 0 atom stereocenters. The lowest BCUT2D eigenvalue weighted by molar-refractivity contribution is 0.620. The van der Waals surface area contributed by atoms with Gasteiger partial charge in [-0.25, -0.2) is 4.98 Å². The Balaban J connectivity index is 1.17. The van der Waals surface area contributed by atoms with E-state index >= 15 is 0 Å². The molecule has 45 heavy (non-hydrogen) atoms. The lowest BCUT2D eigenvalue weighted by Crippen LogP contribution is -2.09. The maximum absolute atomic E-state index is 6.50. The monoisotopic (exact) mass is 578 g/mol. The minimum atomic E-state index is 0.586. The van der Waals surface area contributed by atoms with Crippen molar-refractivity contribution in [1.82, 2.24) is 4.98 Å². The highest BCUT2D eigenvalue weighted by molar-refractivity contribution is 6.13. The Kier molecular flexibility index (Phi) is 5.78. The van der Waals surface area contributed by atoms with E-state index in [1.165, 1.54) is 11.1 Å². The highest BCUT2D eigenvalue weighted by Crippen LogP contribution is 2.42. The Morgan fingerprint density at radius 2 is 1.16 bits per heavy atom. The van der Waals surface area contributed by atoms with Crippen LogP contribution in [0.3, 0.4) is 0 Å². The normalized spacial score (nSPS) is 11.6. The fourth-order valence-corrected chi connectivity index (χ4v) is 6.37. The van der Waals surface area contributed by atoms with Gasteiger partial charge in [-0.05, 0) is 71.1 Å². The van der Waals surface area contributed by atoms with Crippen LogP contribution in [0.25, 0.3) is 66.4 Å². The number of hydrogen-bond donors (Lipinski definition) is 0. The van der Waals surface area contributed by atoms with Crippen LogP contribution < -0.4 is 4.90 Å². The van der Waals surface area contributed by atoms with Crippen LogP contribution in [-0.2, 0) is 0 Å². The molecule has 0 unspecified atom stereocenters. The molecule has 2 aromatic heterocycles. The smallest absolute Gasteiger partial charge is 0.228 e. The standard InChI is InChI=1S/C41H26N2O2/c1-3-10-27(11-4-1)28-18-21-31(22-19-28)43(30-13-5-2-6-14-30)32-23-24-34-38(26-32)44-36-17-9-16-35(39(34)36)41-42-40-33-15-8-7-12-29(33)20-25-37(40)45-41/h1-26H. The van der Waals surface area contributed by atoms with Gasteiger partial charge in [-0.3, -0.25) is 0 Å². The summed E-state index contributed by atoms with van der Waals surface area (Å²) in [7, 11) is 0. The Bertz CT molecular complexity index is 2480. The minimum Gasteiger partial charge on any atom is -0.456 e. The zero-order chi connectivity index (χ0) is 29.7. The van der Waals surface area contributed by atoms with E-state index in [0.29, 0.717) is 5.89 Å². The number of fused-ring (bicyclic) bond motifs is 6. The number of para-hydroxylation sites is 1. The Morgan fingerprint density at radius 1 is 0.444 bits per heavy atom. The number of rotatable bonds is 5. The predicted molar refractivity (Wildman–Crippen MR) is 184 cm³/mol. The summed E-state index contributed by atoms with van der Waals surface area (Å²) in [5.41, 5.74) is 9.67. The van der Waals surface area contributed by atoms with Crippen molar-refractivity contribution in [3.63, 3.8) is 0 Å². The van der Waals surface area contributed by atoms with E-state index in [9.17, 15) is 0 Å². The van der Waals surface area contributed by atoms with Crippen molar-refractivity contribution in [3.05, 3.63) is 158 Å². The molecule has 7 aromatic carbocycles. The Hall–Kier alpha value is -6.13. The third-order valence-electron chi connectivity index (χ3n) is 8.50. The first-order valence-corrected chi connectivity index (χ1v) is 15.0. The van der Waals surface area contributed by atoms with E-state index in [1.807, 2.05) is 42.5 Å². The molecule has 4 nitrogen and oxygen atoms in total. The molecule has 0 saturated heterocycles. The number of hydrogen-bond acceptors (Lipinski definition) is 4. The molecule has 0 radical (unpaired) electrons. The van der Waals surface area contributed by atoms with Gasteiger partial charge in [-0.15, -0.1) is 0 Å². The van der Waals surface area contributed by atoms with Crippen molar-refractivity contribution < 1.29 is 8.83 Å². The molecule has 0 aliphatic heterocycles. The SMILES string of the molecule is c1ccc(-c2ccc(N(c3ccccc3)c3ccc4c(c3)oc3cccc(-c5nc6c(ccc7ccccc76)o5)c34)cc2)cc1. The van der Waals surface area contributed by atoms with Crippen molar-refractivity contribution >= 4 is 60.9 Å². The average molecular weight is 579 g/mol. The molecule has 0 spiro atoms. The molecule has 0 saturated carbocycles. The van der Waals surface area contributed by atoms with Crippen molar-refractivity contribution in [3.8, 4) is 22.6 Å². The number of aromatic nitrogens is 1. The maximum atomic E-state index is 6.50. The predicted octanol–water partition coefficient (Wildman–Crippen LogP) is 11.7. The zero-order valence-electron chi connectivity index (χ0n) is 24.2. The number of nitrogens with zero attached hydrogens (tertiary/aromatic N) is 2. The largest absolute Gasteiger partial charge is 0.456 e. The second-order valence-electron chi connectivity index (χ2n) is 11.2. The molecule has 0 N–H and O–H groups in total. The van der Waals surface area contributed by atoms with Crippen molar-refractivity contribution in [1.29, 1.82) is 0 Å². The summed E-state index contributed by atoms with van der Waals surface area (Å²) in [5.74, 6) is 0.586. The fourth-order valence-electron chi connectivity index (χ4n) is 6.37. The highest BCUT2D eigenvalue weighted by Gasteiger charge is 2.20. The van der Waals surface area contributed by atoms with E-state index in [1.54, 1.807) is 0 Å². The molecule has 9 aromatic rings. The van der Waals surface area contributed by atoms with Gasteiger partial charge in [0.2, 0.25) is 5.89 Å². The lowest BCUT2D eigenvalue weighted by Gasteiger charge is -2.25. The van der Waals surface area contributed by atoms with Crippen LogP contribution in [0.1, 0.15) is 0 Å². The van der Waals surface area contributed by atoms with E-state index in [0.717, 1.165) is 66.4 Å². The van der Waals surface area contributed by atoms with Crippen LogP contribution in [0.5, 0.6) is 0 Å². The van der Waals surface area contributed by atoms with E-state index in [4.69, 9.17) is 13.8 Å². The van der Waals surface area contributed by atoms with E-state index in [-0.39, 0.29) is 0 Å². The van der Waals surface area contributed by atoms with Gasteiger partial charge < -0.3 is 13.7 Å². The van der Waals surface area contributed by atoms with Crippen LogP contribution in [0.2, 0.25) is 0 Å². The molecule has 4 heteroatoms. The van der Waals surface area contributed by atoms with Crippen molar-refractivity contribution in [2.45, 2.75) is 0 Å². The topological polar surface area (TPSA) is 42.4 Å². The maximum Gasteiger partial charge on any atom is 0.228 e. The van der Waals surface area contributed by atoms with Gasteiger partial charge in [0, 0.05) is 44.9 Å². The number of oxazole rings is 1. The second kappa shape index (κ2) is 10.2. The molecule has 0 aliphatic carbocycles. The third kappa shape index (κ3) is 4.27. The summed E-state index contributed by atoms with van der Waals surface area (Å²) >= 11 is 0. The van der Waals surface area contributed by atoms with E-state index < -0.39 is 0 Å². The summed E-state index contributed by atoms with van der Waals surface area (Å²) in [6.07, 6.45) is 0. The summed E-state index contributed by atoms with van der Waals surface area (Å²) in [5, 5.41) is 4.23. The zero-order valence-corrected chi connectivity index (χ0v) is 24.2. The fraction of sp³-hybridized carbons (Fsp3) is 0. The molecular weight excluding hydrogens is 552 g/mol. The van der Waals surface area contributed by atoms with Gasteiger partial charge >= 0.3 is 0 Å². The van der Waals surface area contributed by atoms with Crippen LogP contribution in [0.4, 0.5) is 17.1 Å². The van der Waals surface area contributed by atoms with Crippen LogP contribution >= 0.6 is 0 Å². The molecule has 2 heterocycles. The van der Waals surface area contributed by atoms with Gasteiger partial charge in [0.05, 0.1) is 0 Å². The third-order valence-corrected chi connectivity index (χ3v) is 8.50. The van der Waals surface area contributed by atoms with Gasteiger partial charge in [-0.1, -0.05) is 97.1 Å². The lowest BCUT2D eigenvalue weighted by atomic mass is 10.0. The average Bonchev–Trinajstić information content (AvgIpc) is 3.71. The van der Waals surface area contributed by atoms with Crippen molar-refractivity contribution in [2.24, 2.45) is 0 Å². The quantitative estimate of drug-likeness (QED) is 0.204. The van der Waals surface area contributed by atoms with E-state index in [2.05, 4.69) is 120 Å². The first kappa shape index (κ1) is 25.4. The summed E-state index contributed by atoms with van der Waals surface area (Å²) < 4.78 is 12.8. The highest BCUT2D eigenvalue weighted by atomic mass is 16.3.